The van der Waals surface area contributed by atoms with Crippen LogP contribution >= 0.6 is 0 Å². The summed E-state index contributed by atoms with van der Waals surface area (Å²) < 4.78 is 11.0. The molecule has 1 heterocycles. The number of hydrogen-bond acceptors (Lipinski definition) is 5. The lowest BCUT2D eigenvalue weighted by Crippen LogP contribution is -2.57. The number of alkyl carbamates (subject to hydrolysis) is 1. The first kappa shape index (κ1) is 22.4. The minimum Gasteiger partial charge on any atom is -0.479 e. The van der Waals surface area contributed by atoms with Gasteiger partial charge in [0.2, 0.25) is 5.91 Å². The molecule has 0 radical (unpaired) electrons. The molecule has 0 spiro atoms. The maximum absolute atomic E-state index is 12.9. The maximum atomic E-state index is 12.9. The number of morpholine rings is 1. The van der Waals surface area contributed by atoms with Crippen LogP contribution in [0.4, 0.5) is 4.79 Å². The summed E-state index contributed by atoms with van der Waals surface area (Å²) in [6.45, 7) is 2.17. The quantitative estimate of drug-likeness (QED) is 0.681. The Morgan fingerprint density at radius 3 is 2.29 bits per heavy atom. The van der Waals surface area contributed by atoms with Crippen LogP contribution in [0.5, 0.6) is 0 Å². The van der Waals surface area contributed by atoms with Crippen molar-refractivity contribution in [2.45, 2.75) is 43.2 Å². The molecule has 1 atom stereocenters. The van der Waals surface area contributed by atoms with Gasteiger partial charge in [0, 0.05) is 12.5 Å². The largest absolute Gasteiger partial charge is 0.479 e. The predicted molar refractivity (Wildman–Crippen MR) is 123 cm³/mol. The average molecular weight is 465 g/mol. The molecule has 8 heteroatoms. The summed E-state index contributed by atoms with van der Waals surface area (Å²) in [5.74, 6) is -1.31. The number of carbonyl (C=O) groups excluding carboxylic acids is 2. The highest BCUT2D eigenvalue weighted by atomic mass is 16.5. The van der Waals surface area contributed by atoms with Crippen LogP contribution in [-0.4, -0.2) is 65.4 Å². The Balaban J connectivity index is 1.19. The van der Waals surface area contributed by atoms with Gasteiger partial charge in [-0.05, 0) is 42.0 Å². The van der Waals surface area contributed by atoms with Crippen LogP contribution in [0, 0.1) is 0 Å². The van der Waals surface area contributed by atoms with Crippen LogP contribution in [0.3, 0.4) is 0 Å². The first-order chi connectivity index (χ1) is 16.3. The average Bonchev–Trinajstić information content (AvgIpc) is 3.49. The summed E-state index contributed by atoms with van der Waals surface area (Å²) in [4.78, 5) is 38.5. The van der Waals surface area contributed by atoms with Crippen molar-refractivity contribution in [1.29, 1.82) is 0 Å². The molecule has 2 fully saturated rings. The van der Waals surface area contributed by atoms with Gasteiger partial charge >= 0.3 is 12.1 Å². The van der Waals surface area contributed by atoms with E-state index in [-0.39, 0.29) is 38.0 Å². The maximum Gasteiger partial charge on any atom is 0.407 e. The van der Waals surface area contributed by atoms with Gasteiger partial charge in [-0.15, -0.1) is 0 Å². The van der Waals surface area contributed by atoms with Gasteiger partial charge in [-0.1, -0.05) is 48.5 Å². The van der Waals surface area contributed by atoms with Gasteiger partial charge in [0.25, 0.3) is 0 Å². The van der Waals surface area contributed by atoms with E-state index in [1.165, 1.54) is 11.8 Å². The minimum absolute atomic E-state index is 0.0117. The lowest BCUT2D eigenvalue weighted by atomic mass is 9.98. The predicted octanol–water partition coefficient (Wildman–Crippen LogP) is 3.15. The van der Waals surface area contributed by atoms with E-state index in [4.69, 9.17) is 9.47 Å². The third-order valence-corrected chi connectivity index (χ3v) is 7.13. The van der Waals surface area contributed by atoms with Crippen LogP contribution in [0.1, 0.15) is 43.2 Å². The zero-order valence-electron chi connectivity index (χ0n) is 19.1. The highest BCUT2D eigenvalue weighted by Crippen LogP contribution is 2.45. The Hall–Kier alpha value is -3.39. The first-order valence-corrected chi connectivity index (χ1v) is 11.6. The van der Waals surface area contributed by atoms with Crippen LogP contribution in [0.2, 0.25) is 0 Å². The van der Waals surface area contributed by atoms with E-state index in [1.807, 2.05) is 24.3 Å². The summed E-state index contributed by atoms with van der Waals surface area (Å²) in [5.41, 5.74) is 2.57. The fourth-order valence-electron chi connectivity index (χ4n) is 4.96. The molecule has 34 heavy (non-hydrogen) atoms. The second kappa shape index (κ2) is 8.43. The van der Waals surface area contributed by atoms with E-state index in [0.717, 1.165) is 22.3 Å². The number of rotatable bonds is 6. The summed E-state index contributed by atoms with van der Waals surface area (Å²) in [6, 6.07) is 16.3. The molecule has 1 saturated heterocycles. The van der Waals surface area contributed by atoms with E-state index in [2.05, 4.69) is 29.6 Å². The molecule has 3 aliphatic rings. The standard InChI is InChI=1S/C26H28N2O6/c1-25(23(30)31)16-28(12-13-34-25)22(29)14-26(10-11-26)27-24(32)33-15-21-19-8-4-2-6-17(19)18-7-3-5-9-20(18)21/h2-9,21H,10-16H2,1H3,(H,27,32)(H,30,31). The molecule has 0 bridgehead atoms. The Kier molecular flexibility index (Phi) is 5.56. The molecule has 2 aromatic rings. The number of carbonyl (C=O) groups is 3. The number of hydrogen-bond donors (Lipinski definition) is 2. The second-order valence-corrected chi connectivity index (χ2v) is 9.61. The topological polar surface area (TPSA) is 105 Å². The minimum atomic E-state index is -1.41. The third kappa shape index (κ3) is 4.14. The smallest absolute Gasteiger partial charge is 0.407 e. The number of nitrogens with one attached hydrogen (secondary N) is 1. The second-order valence-electron chi connectivity index (χ2n) is 9.61. The molecule has 5 rings (SSSR count). The molecule has 1 unspecified atom stereocenters. The molecule has 2 N–H and O–H groups in total. The van der Waals surface area contributed by atoms with Crippen LogP contribution in [0.25, 0.3) is 11.1 Å². The number of benzene rings is 2. The highest BCUT2D eigenvalue weighted by molar-refractivity contribution is 5.83. The van der Waals surface area contributed by atoms with E-state index >= 15 is 0 Å². The zero-order chi connectivity index (χ0) is 23.9. The number of carboxylic acid groups (broad SMARTS) is 1. The van der Waals surface area contributed by atoms with E-state index in [0.29, 0.717) is 19.4 Å². The van der Waals surface area contributed by atoms with Gasteiger partial charge in [-0.25, -0.2) is 9.59 Å². The van der Waals surface area contributed by atoms with Crippen molar-refractivity contribution < 1.29 is 29.0 Å². The lowest BCUT2D eigenvalue weighted by Gasteiger charge is -2.38. The van der Waals surface area contributed by atoms with Gasteiger partial charge < -0.3 is 24.8 Å². The number of nitrogens with zero attached hydrogens (tertiary/aromatic N) is 1. The van der Waals surface area contributed by atoms with E-state index in [9.17, 15) is 19.5 Å². The van der Waals surface area contributed by atoms with Gasteiger partial charge in [0.1, 0.15) is 6.61 Å². The van der Waals surface area contributed by atoms with Crippen LogP contribution in [0.15, 0.2) is 48.5 Å². The zero-order valence-corrected chi connectivity index (χ0v) is 19.1. The Bertz CT molecular complexity index is 1100. The third-order valence-electron chi connectivity index (χ3n) is 7.13. The fourth-order valence-corrected chi connectivity index (χ4v) is 4.96. The summed E-state index contributed by atoms with van der Waals surface area (Å²) in [7, 11) is 0. The van der Waals surface area contributed by atoms with E-state index < -0.39 is 23.2 Å². The molecule has 178 valence electrons. The van der Waals surface area contributed by atoms with Crippen molar-refractivity contribution in [3.05, 3.63) is 59.7 Å². The number of carboxylic acids is 1. The van der Waals surface area contributed by atoms with Crippen LogP contribution in [-0.2, 0) is 19.1 Å². The monoisotopic (exact) mass is 464 g/mol. The summed E-state index contributed by atoms with van der Waals surface area (Å²) in [6.07, 6.45) is 0.948. The molecule has 2 aliphatic carbocycles. The van der Waals surface area contributed by atoms with Gasteiger partial charge in [-0.3, -0.25) is 4.79 Å². The summed E-state index contributed by atoms with van der Waals surface area (Å²) >= 11 is 0. The molecule has 2 amide bonds. The highest BCUT2D eigenvalue weighted by Gasteiger charge is 2.48. The van der Waals surface area contributed by atoms with Crippen molar-refractivity contribution in [1.82, 2.24) is 10.2 Å². The van der Waals surface area contributed by atoms with Crippen molar-refractivity contribution >= 4 is 18.0 Å². The van der Waals surface area contributed by atoms with Crippen molar-refractivity contribution in [3.8, 4) is 11.1 Å². The van der Waals surface area contributed by atoms with Crippen molar-refractivity contribution in [2.75, 3.05) is 26.3 Å². The fraction of sp³-hybridized carbons (Fsp3) is 0.423. The van der Waals surface area contributed by atoms with Gasteiger partial charge in [0.15, 0.2) is 5.60 Å². The Morgan fingerprint density at radius 2 is 1.71 bits per heavy atom. The molecule has 1 aliphatic heterocycles. The van der Waals surface area contributed by atoms with Gasteiger partial charge in [0.05, 0.1) is 25.1 Å². The SMILES string of the molecule is CC1(C(=O)O)CN(C(=O)CC2(NC(=O)OCC3c4ccccc4-c4ccccc43)CC2)CCO1. The molecule has 1 saturated carbocycles. The number of ether oxygens (including phenoxy) is 2. The van der Waals surface area contributed by atoms with Crippen molar-refractivity contribution in [2.24, 2.45) is 0 Å². The number of fused-ring (bicyclic) bond motifs is 3. The Labute approximate surface area is 197 Å². The Morgan fingerprint density at radius 1 is 1.09 bits per heavy atom. The van der Waals surface area contributed by atoms with Gasteiger partial charge in [-0.2, -0.15) is 0 Å². The molecule has 2 aromatic carbocycles. The summed E-state index contributed by atoms with van der Waals surface area (Å²) in [5, 5.41) is 12.3. The molecule has 0 aromatic heterocycles. The number of aliphatic carboxylic acids is 1. The lowest BCUT2D eigenvalue weighted by molar-refractivity contribution is -0.177. The van der Waals surface area contributed by atoms with E-state index in [1.54, 1.807) is 0 Å². The first-order valence-electron chi connectivity index (χ1n) is 11.6. The molecular formula is C26H28N2O6. The number of amides is 2. The molecule has 8 nitrogen and oxygen atoms in total. The van der Waals surface area contributed by atoms with Crippen molar-refractivity contribution in [3.63, 3.8) is 0 Å². The molecular weight excluding hydrogens is 436 g/mol. The van der Waals surface area contributed by atoms with Crippen LogP contribution < -0.4 is 5.32 Å². The normalized spacial score (nSPS) is 22.4.